The molecule has 1 unspecified atom stereocenters. The van der Waals surface area contributed by atoms with Crippen molar-refractivity contribution in [2.75, 3.05) is 0 Å². The Kier molecular flexibility index (Phi) is 4.26. The smallest absolute Gasteiger partial charge is 0.124 e. The maximum atomic E-state index is 13.2. The topological polar surface area (TPSA) is 26.0 Å². The van der Waals surface area contributed by atoms with Crippen molar-refractivity contribution in [3.8, 4) is 0 Å². The van der Waals surface area contributed by atoms with Crippen LogP contribution < -0.4 is 5.73 Å². The van der Waals surface area contributed by atoms with E-state index in [1.807, 2.05) is 0 Å². The zero-order chi connectivity index (χ0) is 14.2. The third-order valence-corrected chi connectivity index (χ3v) is 4.45. The van der Waals surface area contributed by atoms with Gasteiger partial charge in [0.05, 0.1) is 6.04 Å². The van der Waals surface area contributed by atoms with Crippen LogP contribution in [-0.2, 0) is 0 Å². The highest BCUT2D eigenvalue weighted by Gasteiger charge is 2.15. The lowest BCUT2D eigenvalue weighted by Gasteiger charge is -2.18. The van der Waals surface area contributed by atoms with E-state index in [-0.39, 0.29) is 11.9 Å². The Hall–Kier alpha value is -0.940. The van der Waals surface area contributed by atoms with Crippen molar-refractivity contribution in [3.05, 3.63) is 67.5 Å². The van der Waals surface area contributed by atoms with Crippen molar-refractivity contribution in [1.82, 2.24) is 0 Å². The van der Waals surface area contributed by atoms with Gasteiger partial charge in [-0.05, 0) is 83.3 Å². The first-order valence-corrected chi connectivity index (χ1v) is 7.26. The minimum absolute atomic E-state index is 0.216. The van der Waals surface area contributed by atoms with E-state index in [1.54, 1.807) is 6.07 Å². The summed E-state index contributed by atoms with van der Waals surface area (Å²) in [6, 6.07) is 8.83. The standard InChI is InChI=1S/C16H17FIN/c1-9-6-11(3)14(7-10(9)2)16(19)13-5-4-12(17)8-15(13)18/h4-8,16H,19H2,1-3H3. The van der Waals surface area contributed by atoms with E-state index in [1.165, 1.54) is 28.8 Å². The van der Waals surface area contributed by atoms with Crippen molar-refractivity contribution < 1.29 is 4.39 Å². The number of hydrogen-bond donors (Lipinski definition) is 1. The summed E-state index contributed by atoms with van der Waals surface area (Å²) in [5, 5.41) is 0. The summed E-state index contributed by atoms with van der Waals surface area (Å²) >= 11 is 2.14. The van der Waals surface area contributed by atoms with Gasteiger partial charge >= 0.3 is 0 Å². The molecule has 2 aromatic carbocycles. The fraction of sp³-hybridized carbons (Fsp3) is 0.250. The van der Waals surface area contributed by atoms with E-state index in [0.29, 0.717) is 0 Å². The number of nitrogens with two attached hydrogens (primary N) is 1. The van der Waals surface area contributed by atoms with Crippen LogP contribution in [0.15, 0.2) is 30.3 Å². The van der Waals surface area contributed by atoms with E-state index in [9.17, 15) is 4.39 Å². The molecule has 0 aromatic heterocycles. The molecular weight excluding hydrogens is 352 g/mol. The Morgan fingerprint density at radius 1 is 0.947 bits per heavy atom. The van der Waals surface area contributed by atoms with E-state index >= 15 is 0 Å². The van der Waals surface area contributed by atoms with Crippen LogP contribution in [0, 0.1) is 30.2 Å². The lowest BCUT2D eigenvalue weighted by Crippen LogP contribution is -2.15. The van der Waals surface area contributed by atoms with E-state index in [2.05, 4.69) is 55.5 Å². The van der Waals surface area contributed by atoms with Gasteiger partial charge in [-0.25, -0.2) is 4.39 Å². The summed E-state index contributed by atoms with van der Waals surface area (Å²) < 4.78 is 14.0. The molecule has 0 fully saturated rings. The zero-order valence-corrected chi connectivity index (χ0v) is 13.5. The van der Waals surface area contributed by atoms with Crippen LogP contribution >= 0.6 is 22.6 Å². The molecule has 0 amide bonds. The quantitative estimate of drug-likeness (QED) is 0.780. The molecule has 0 aliphatic rings. The van der Waals surface area contributed by atoms with E-state index < -0.39 is 0 Å². The highest BCUT2D eigenvalue weighted by atomic mass is 127. The van der Waals surface area contributed by atoms with Crippen LogP contribution in [0.25, 0.3) is 0 Å². The third-order valence-electron chi connectivity index (χ3n) is 3.51. The van der Waals surface area contributed by atoms with Gasteiger partial charge in [0.15, 0.2) is 0 Å². The second-order valence-corrected chi connectivity index (χ2v) is 6.10. The minimum Gasteiger partial charge on any atom is -0.320 e. The second-order valence-electron chi connectivity index (χ2n) is 4.94. The van der Waals surface area contributed by atoms with Gasteiger partial charge in [0.25, 0.3) is 0 Å². The van der Waals surface area contributed by atoms with Gasteiger partial charge in [0.2, 0.25) is 0 Å². The van der Waals surface area contributed by atoms with Crippen LogP contribution in [0.3, 0.4) is 0 Å². The second kappa shape index (κ2) is 5.59. The van der Waals surface area contributed by atoms with Crippen LogP contribution in [0.2, 0.25) is 0 Å². The Labute approximate surface area is 127 Å². The molecule has 0 aliphatic heterocycles. The largest absolute Gasteiger partial charge is 0.320 e. The van der Waals surface area contributed by atoms with Gasteiger partial charge in [-0.2, -0.15) is 0 Å². The fourth-order valence-electron chi connectivity index (χ4n) is 2.24. The first-order chi connectivity index (χ1) is 8.90. The summed E-state index contributed by atoms with van der Waals surface area (Å²) in [4.78, 5) is 0. The molecule has 0 bridgehead atoms. The third kappa shape index (κ3) is 2.98. The predicted molar refractivity (Wildman–Crippen MR) is 85.8 cm³/mol. The van der Waals surface area contributed by atoms with Crippen LogP contribution in [0.5, 0.6) is 0 Å². The summed E-state index contributed by atoms with van der Waals surface area (Å²) in [5.41, 5.74) is 12.1. The van der Waals surface area contributed by atoms with Crippen LogP contribution in [0.1, 0.15) is 33.9 Å². The Balaban J connectivity index is 2.49. The molecule has 0 radical (unpaired) electrons. The fourth-order valence-corrected chi connectivity index (χ4v) is 3.05. The first-order valence-electron chi connectivity index (χ1n) is 6.18. The lowest BCUT2D eigenvalue weighted by atomic mass is 9.92. The van der Waals surface area contributed by atoms with Crippen molar-refractivity contribution in [1.29, 1.82) is 0 Å². The molecule has 1 atom stereocenters. The highest BCUT2D eigenvalue weighted by Crippen LogP contribution is 2.28. The van der Waals surface area contributed by atoms with Gasteiger partial charge in [0, 0.05) is 3.57 Å². The predicted octanol–water partition coefficient (Wildman–Crippen LogP) is 4.40. The van der Waals surface area contributed by atoms with Crippen molar-refractivity contribution >= 4 is 22.6 Å². The lowest BCUT2D eigenvalue weighted by molar-refractivity contribution is 0.625. The molecule has 100 valence electrons. The minimum atomic E-state index is -0.225. The molecule has 19 heavy (non-hydrogen) atoms. The molecular formula is C16H17FIN. The summed E-state index contributed by atoms with van der Waals surface area (Å²) in [7, 11) is 0. The number of hydrogen-bond acceptors (Lipinski definition) is 1. The van der Waals surface area contributed by atoms with Crippen molar-refractivity contribution in [2.45, 2.75) is 26.8 Å². The number of halogens is 2. The van der Waals surface area contributed by atoms with Gasteiger partial charge in [-0.15, -0.1) is 0 Å². The summed E-state index contributed by atoms with van der Waals surface area (Å²) in [6.45, 7) is 6.25. The monoisotopic (exact) mass is 369 g/mol. The molecule has 1 nitrogen and oxygen atoms in total. The summed E-state index contributed by atoms with van der Waals surface area (Å²) in [6.07, 6.45) is 0. The Morgan fingerprint density at radius 2 is 1.58 bits per heavy atom. The molecule has 2 rings (SSSR count). The normalized spacial score (nSPS) is 12.5. The maximum absolute atomic E-state index is 13.2. The van der Waals surface area contributed by atoms with E-state index in [0.717, 1.165) is 14.7 Å². The Bertz CT molecular complexity index is 622. The molecule has 3 heteroatoms. The van der Waals surface area contributed by atoms with Gasteiger partial charge in [-0.3, -0.25) is 0 Å². The van der Waals surface area contributed by atoms with Gasteiger partial charge < -0.3 is 5.73 Å². The van der Waals surface area contributed by atoms with Crippen molar-refractivity contribution in [2.24, 2.45) is 5.73 Å². The van der Waals surface area contributed by atoms with Gasteiger partial charge in [0.1, 0.15) is 5.82 Å². The zero-order valence-electron chi connectivity index (χ0n) is 11.3. The molecule has 0 saturated heterocycles. The average molecular weight is 369 g/mol. The average Bonchev–Trinajstić information content (AvgIpc) is 2.33. The molecule has 2 aromatic rings. The molecule has 0 spiro atoms. The van der Waals surface area contributed by atoms with Gasteiger partial charge in [-0.1, -0.05) is 18.2 Å². The number of rotatable bonds is 2. The molecule has 0 saturated carbocycles. The number of aryl methyl sites for hydroxylation is 3. The number of benzene rings is 2. The summed E-state index contributed by atoms with van der Waals surface area (Å²) in [5.74, 6) is -0.225. The molecule has 0 heterocycles. The van der Waals surface area contributed by atoms with Crippen molar-refractivity contribution in [3.63, 3.8) is 0 Å². The molecule has 2 N–H and O–H groups in total. The van der Waals surface area contributed by atoms with Crippen LogP contribution in [-0.4, -0.2) is 0 Å². The molecule has 0 aliphatic carbocycles. The van der Waals surface area contributed by atoms with E-state index in [4.69, 9.17) is 5.73 Å². The first kappa shape index (κ1) is 14.5. The SMILES string of the molecule is Cc1cc(C)c(C(N)c2ccc(F)cc2I)cc1C. The maximum Gasteiger partial charge on any atom is 0.124 e. The Morgan fingerprint density at radius 3 is 2.21 bits per heavy atom. The highest BCUT2D eigenvalue weighted by molar-refractivity contribution is 14.1. The van der Waals surface area contributed by atoms with Crippen LogP contribution in [0.4, 0.5) is 4.39 Å².